The summed E-state index contributed by atoms with van der Waals surface area (Å²) in [6, 6.07) is 0. The first-order chi connectivity index (χ1) is 8.90. The van der Waals surface area contributed by atoms with Crippen LogP contribution in [0.25, 0.3) is 11.2 Å². The van der Waals surface area contributed by atoms with E-state index in [1.165, 1.54) is 0 Å². The number of nitrogens with zero attached hydrogens (tertiary/aromatic N) is 4. The molecule has 2 aromatic rings. The molecular formula is C12H17N5O. The molecule has 96 valence electrons. The smallest absolute Gasteiger partial charge is 0.167 e. The molecule has 0 saturated carbocycles. The number of hydrogen-bond donors (Lipinski definition) is 1. The predicted octanol–water partition coefficient (Wildman–Crippen LogP) is 1.96. The fraction of sp³-hybridized carbons (Fsp3) is 0.583. The molecule has 1 aliphatic heterocycles. The van der Waals surface area contributed by atoms with Crippen LogP contribution >= 0.6 is 0 Å². The van der Waals surface area contributed by atoms with Crippen LogP contribution in [0.3, 0.4) is 0 Å². The van der Waals surface area contributed by atoms with Crippen molar-refractivity contribution in [2.45, 2.75) is 32.4 Å². The standard InChI is InChI=1S/C12H17N5O/c1-2-5-13-11-10-12(15-7-14-11)17(8-16-10)9-4-3-6-18-9/h7-9H,2-6H2,1H3,(H,13,14,15)/t9-/m1/s1. The van der Waals surface area contributed by atoms with Crippen molar-refractivity contribution in [2.24, 2.45) is 0 Å². The Kier molecular flexibility index (Phi) is 3.10. The Hall–Kier alpha value is -1.69. The largest absolute Gasteiger partial charge is 0.368 e. The lowest BCUT2D eigenvalue weighted by Crippen LogP contribution is -2.07. The predicted molar refractivity (Wildman–Crippen MR) is 68.3 cm³/mol. The minimum absolute atomic E-state index is 0.0731. The minimum Gasteiger partial charge on any atom is -0.368 e. The topological polar surface area (TPSA) is 64.9 Å². The molecule has 0 bridgehead atoms. The quantitative estimate of drug-likeness (QED) is 0.894. The first-order valence-electron chi connectivity index (χ1n) is 6.43. The van der Waals surface area contributed by atoms with Gasteiger partial charge in [-0.15, -0.1) is 0 Å². The number of anilines is 1. The van der Waals surface area contributed by atoms with Crippen LogP contribution in [-0.4, -0.2) is 32.7 Å². The molecule has 1 N–H and O–H groups in total. The first kappa shape index (κ1) is 11.4. The van der Waals surface area contributed by atoms with E-state index in [1.807, 2.05) is 4.57 Å². The molecule has 0 radical (unpaired) electrons. The molecule has 18 heavy (non-hydrogen) atoms. The van der Waals surface area contributed by atoms with E-state index in [9.17, 15) is 0 Å². The highest BCUT2D eigenvalue weighted by molar-refractivity contribution is 5.82. The summed E-state index contributed by atoms with van der Waals surface area (Å²) < 4.78 is 7.67. The summed E-state index contributed by atoms with van der Waals surface area (Å²) in [6.45, 7) is 3.83. The number of nitrogens with one attached hydrogen (secondary N) is 1. The minimum atomic E-state index is 0.0731. The van der Waals surface area contributed by atoms with Gasteiger partial charge >= 0.3 is 0 Å². The monoisotopic (exact) mass is 247 g/mol. The van der Waals surface area contributed by atoms with Crippen LogP contribution in [0.5, 0.6) is 0 Å². The summed E-state index contributed by atoms with van der Waals surface area (Å²) in [5, 5.41) is 3.27. The second-order valence-electron chi connectivity index (χ2n) is 4.44. The van der Waals surface area contributed by atoms with Crippen LogP contribution in [0, 0.1) is 0 Å². The third-order valence-electron chi connectivity index (χ3n) is 3.12. The molecule has 1 fully saturated rings. The van der Waals surface area contributed by atoms with Gasteiger partial charge in [-0.3, -0.25) is 4.57 Å². The number of hydrogen-bond acceptors (Lipinski definition) is 5. The molecule has 0 aliphatic carbocycles. The molecule has 0 aromatic carbocycles. The van der Waals surface area contributed by atoms with E-state index in [0.717, 1.165) is 49.4 Å². The summed E-state index contributed by atoms with van der Waals surface area (Å²) >= 11 is 0. The zero-order valence-corrected chi connectivity index (χ0v) is 10.5. The lowest BCUT2D eigenvalue weighted by molar-refractivity contribution is 0.0593. The molecule has 6 heteroatoms. The van der Waals surface area contributed by atoms with E-state index in [1.54, 1.807) is 12.7 Å². The van der Waals surface area contributed by atoms with E-state index < -0.39 is 0 Å². The number of ether oxygens (including phenoxy) is 1. The maximum absolute atomic E-state index is 5.67. The van der Waals surface area contributed by atoms with Gasteiger partial charge in [-0.25, -0.2) is 15.0 Å². The van der Waals surface area contributed by atoms with Crippen molar-refractivity contribution in [1.29, 1.82) is 0 Å². The van der Waals surface area contributed by atoms with Gasteiger partial charge in [0.05, 0.1) is 6.33 Å². The normalized spacial score (nSPS) is 19.5. The van der Waals surface area contributed by atoms with Crippen molar-refractivity contribution in [1.82, 2.24) is 19.5 Å². The van der Waals surface area contributed by atoms with Gasteiger partial charge in [0.25, 0.3) is 0 Å². The van der Waals surface area contributed by atoms with E-state index in [-0.39, 0.29) is 6.23 Å². The Morgan fingerprint density at radius 2 is 2.39 bits per heavy atom. The van der Waals surface area contributed by atoms with Gasteiger partial charge in [0, 0.05) is 13.2 Å². The fourth-order valence-corrected chi connectivity index (χ4v) is 2.22. The molecular weight excluding hydrogens is 230 g/mol. The molecule has 6 nitrogen and oxygen atoms in total. The zero-order valence-electron chi connectivity index (χ0n) is 10.5. The van der Waals surface area contributed by atoms with Gasteiger partial charge < -0.3 is 10.1 Å². The third-order valence-corrected chi connectivity index (χ3v) is 3.12. The van der Waals surface area contributed by atoms with Gasteiger partial charge in [0.15, 0.2) is 17.0 Å². The summed E-state index contributed by atoms with van der Waals surface area (Å²) in [5.41, 5.74) is 1.66. The van der Waals surface area contributed by atoms with Crippen LogP contribution < -0.4 is 5.32 Å². The molecule has 0 amide bonds. The van der Waals surface area contributed by atoms with Crippen molar-refractivity contribution in [3.8, 4) is 0 Å². The maximum Gasteiger partial charge on any atom is 0.167 e. The highest BCUT2D eigenvalue weighted by Gasteiger charge is 2.21. The van der Waals surface area contributed by atoms with Gasteiger partial charge in [-0.05, 0) is 19.3 Å². The Bertz CT molecular complexity index is 532. The second-order valence-corrected chi connectivity index (χ2v) is 4.44. The third kappa shape index (κ3) is 1.92. The molecule has 3 rings (SSSR count). The first-order valence-corrected chi connectivity index (χ1v) is 6.43. The summed E-state index contributed by atoms with van der Waals surface area (Å²) in [6.07, 6.45) is 6.62. The van der Waals surface area contributed by atoms with Crippen molar-refractivity contribution in [3.05, 3.63) is 12.7 Å². The number of rotatable bonds is 4. The molecule has 0 spiro atoms. The van der Waals surface area contributed by atoms with Crippen molar-refractivity contribution >= 4 is 17.0 Å². The van der Waals surface area contributed by atoms with Crippen molar-refractivity contribution in [3.63, 3.8) is 0 Å². The summed E-state index contributed by atoms with van der Waals surface area (Å²) in [7, 11) is 0. The van der Waals surface area contributed by atoms with Crippen LogP contribution in [0.4, 0.5) is 5.82 Å². The average molecular weight is 247 g/mol. The molecule has 3 heterocycles. The Labute approximate surface area is 105 Å². The zero-order chi connectivity index (χ0) is 12.4. The molecule has 0 unspecified atom stereocenters. The lowest BCUT2D eigenvalue weighted by atomic mass is 10.3. The van der Waals surface area contributed by atoms with Gasteiger partial charge in [-0.2, -0.15) is 0 Å². The van der Waals surface area contributed by atoms with Gasteiger partial charge in [0.1, 0.15) is 12.6 Å². The van der Waals surface area contributed by atoms with Gasteiger partial charge in [0.2, 0.25) is 0 Å². The van der Waals surface area contributed by atoms with Crippen LogP contribution in [0.15, 0.2) is 12.7 Å². The second kappa shape index (κ2) is 4.89. The van der Waals surface area contributed by atoms with Crippen LogP contribution in [0.1, 0.15) is 32.4 Å². The average Bonchev–Trinajstić information content (AvgIpc) is 3.04. The summed E-state index contributed by atoms with van der Waals surface area (Å²) in [5.74, 6) is 0.804. The number of fused-ring (bicyclic) bond motifs is 1. The van der Waals surface area contributed by atoms with Crippen LogP contribution in [-0.2, 0) is 4.74 Å². The molecule has 1 saturated heterocycles. The van der Waals surface area contributed by atoms with E-state index in [0.29, 0.717) is 0 Å². The Morgan fingerprint density at radius 3 is 3.17 bits per heavy atom. The fourth-order valence-electron chi connectivity index (χ4n) is 2.22. The highest BCUT2D eigenvalue weighted by Crippen LogP contribution is 2.27. The highest BCUT2D eigenvalue weighted by atomic mass is 16.5. The maximum atomic E-state index is 5.67. The van der Waals surface area contributed by atoms with Crippen molar-refractivity contribution < 1.29 is 4.74 Å². The molecule has 1 atom stereocenters. The SMILES string of the molecule is CCCNc1ncnc2c1ncn2[C@H]1CCCO1. The lowest BCUT2D eigenvalue weighted by Gasteiger charge is -2.11. The Balaban J connectivity index is 1.97. The molecule has 1 aliphatic rings. The van der Waals surface area contributed by atoms with Gasteiger partial charge in [-0.1, -0.05) is 6.92 Å². The van der Waals surface area contributed by atoms with Crippen LogP contribution in [0.2, 0.25) is 0 Å². The van der Waals surface area contributed by atoms with Crippen molar-refractivity contribution in [2.75, 3.05) is 18.5 Å². The van der Waals surface area contributed by atoms with E-state index in [4.69, 9.17) is 4.74 Å². The number of imidazole rings is 1. The van der Waals surface area contributed by atoms with E-state index >= 15 is 0 Å². The number of aromatic nitrogens is 4. The van der Waals surface area contributed by atoms with E-state index in [2.05, 4.69) is 27.2 Å². The molecule has 2 aromatic heterocycles. The summed E-state index contributed by atoms with van der Waals surface area (Å²) in [4.78, 5) is 13.0. The Morgan fingerprint density at radius 1 is 1.44 bits per heavy atom.